The van der Waals surface area contributed by atoms with Crippen LogP contribution in [0.5, 0.6) is 5.75 Å². The van der Waals surface area contributed by atoms with Gasteiger partial charge in [0.15, 0.2) is 6.61 Å². The highest BCUT2D eigenvalue weighted by molar-refractivity contribution is 5.89. The second-order valence-electron chi connectivity index (χ2n) is 5.97. The first-order chi connectivity index (χ1) is 11.1. The van der Waals surface area contributed by atoms with Crippen LogP contribution in [-0.4, -0.2) is 31.1 Å². The molecule has 5 heteroatoms. The van der Waals surface area contributed by atoms with E-state index in [1.165, 1.54) is 6.42 Å². The van der Waals surface area contributed by atoms with E-state index in [0.29, 0.717) is 23.8 Å². The summed E-state index contributed by atoms with van der Waals surface area (Å²) in [5.74, 6) is 0.492. The van der Waals surface area contributed by atoms with Crippen molar-refractivity contribution in [1.82, 2.24) is 5.32 Å². The average Bonchev–Trinajstić information content (AvgIpc) is 2.56. The first-order valence-electron chi connectivity index (χ1n) is 8.29. The van der Waals surface area contributed by atoms with Crippen LogP contribution in [0.15, 0.2) is 24.3 Å². The Kier molecular flexibility index (Phi) is 6.44. The summed E-state index contributed by atoms with van der Waals surface area (Å²) in [7, 11) is 0. The third kappa shape index (κ3) is 5.27. The second-order valence-corrected chi connectivity index (χ2v) is 5.97. The van der Waals surface area contributed by atoms with Crippen LogP contribution in [0.25, 0.3) is 0 Å². The highest BCUT2D eigenvalue weighted by atomic mass is 16.5. The molecule has 0 spiro atoms. The number of esters is 1. The highest BCUT2D eigenvalue weighted by Gasteiger charge is 2.22. The lowest BCUT2D eigenvalue weighted by Gasteiger charge is -2.29. The molecule has 1 aromatic rings. The maximum atomic E-state index is 12.0. The third-order valence-electron chi connectivity index (χ3n) is 4.17. The normalized spacial score (nSPS) is 20.6. The summed E-state index contributed by atoms with van der Waals surface area (Å²) in [6.45, 7) is 4.21. The van der Waals surface area contributed by atoms with Crippen LogP contribution in [0.1, 0.15) is 49.9 Å². The van der Waals surface area contributed by atoms with Crippen molar-refractivity contribution in [2.24, 2.45) is 5.92 Å². The molecule has 0 unspecified atom stereocenters. The lowest BCUT2D eigenvalue weighted by Crippen LogP contribution is -2.43. The molecule has 0 aromatic heterocycles. The Morgan fingerprint density at radius 3 is 2.78 bits per heavy atom. The van der Waals surface area contributed by atoms with Crippen molar-refractivity contribution in [3.05, 3.63) is 29.8 Å². The molecule has 0 heterocycles. The van der Waals surface area contributed by atoms with Crippen LogP contribution < -0.4 is 10.1 Å². The fraction of sp³-hybridized carbons (Fsp3) is 0.556. The Labute approximate surface area is 137 Å². The Morgan fingerprint density at radius 1 is 1.26 bits per heavy atom. The van der Waals surface area contributed by atoms with Gasteiger partial charge in [-0.1, -0.05) is 25.8 Å². The first kappa shape index (κ1) is 17.3. The van der Waals surface area contributed by atoms with E-state index in [2.05, 4.69) is 12.2 Å². The lowest BCUT2D eigenvalue weighted by atomic mass is 9.86. The quantitative estimate of drug-likeness (QED) is 0.819. The van der Waals surface area contributed by atoms with Gasteiger partial charge in [0.05, 0.1) is 12.2 Å². The number of hydrogen-bond acceptors (Lipinski definition) is 4. The van der Waals surface area contributed by atoms with E-state index in [9.17, 15) is 9.59 Å². The topological polar surface area (TPSA) is 64.6 Å². The minimum absolute atomic E-state index is 0.0461. The maximum absolute atomic E-state index is 12.0. The fourth-order valence-electron chi connectivity index (χ4n) is 2.86. The molecular weight excluding hydrogens is 294 g/mol. The van der Waals surface area contributed by atoms with Crippen LogP contribution in [0.4, 0.5) is 0 Å². The van der Waals surface area contributed by atoms with E-state index < -0.39 is 5.97 Å². The third-order valence-corrected chi connectivity index (χ3v) is 4.17. The fourth-order valence-corrected chi connectivity index (χ4v) is 2.86. The zero-order valence-electron chi connectivity index (χ0n) is 13.8. The molecule has 1 amide bonds. The number of nitrogens with one attached hydrogen (secondary N) is 1. The molecule has 0 aliphatic heterocycles. The monoisotopic (exact) mass is 319 g/mol. The molecule has 1 fully saturated rings. The number of amides is 1. The Morgan fingerprint density at radius 2 is 2.04 bits per heavy atom. The van der Waals surface area contributed by atoms with E-state index in [1.807, 2.05) is 0 Å². The van der Waals surface area contributed by atoms with Crippen LogP contribution in [0, 0.1) is 5.92 Å². The molecule has 1 aliphatic carbocycles. The molecule has 2 rings (SSSR count). The van der Waals surface area contributed by atoms with Gasteiger partial charge in [0.25, 0.3) is 5.91 Å². The maximum Gasteiger partial charge on any atom is 0.338 e. The SMILES string of the molecule is CCOC(=O)c1cccc(OCC(=O)N[C@H]2CCCC[C@H]2C)c1. The molecule has 0 bridgehead atoms. The number of rotatable bonds is 6. The molecule has 2 atom stereocenters. The van der Waals surface area contributed by atoms with Gasteiger partial charge >= 0.3 is 5.97 Å². The van der Waals surface area contributed by atoms with Gasteiger partial charge in [-0.25, -0.2) is 4.79 Å². The van der Waals surface area contributed by atoms with Gasteiger partial charge in [0.2, 0.25) is 0 Å². The Bertz CT molecular complexity index is 544. The summed E-state index contributed by atoms with van der Waals surface area (Å²) in [6.07, 6.45) is 4.60. The second kappa shape index (κ2) is 8.56. The highest BCUT2D eigenvalue weighted by Crippen LogP contribution is 2.23. The largest absolute Gasteiger partial charge is 0.484 e. The van der Waals surface area contributed by atoms with E-state index in [4.69, 9.17) is 9.47 Å². The van der Waals surface area contributed by atoms with Gasteiger partial charge in [0.1, 0.15) is 5.75 Å². The Hall–Kier alpha value is -2.04. The number of hydrogen-bond donors (Lipinski definition) is 1. The van der Waals surface area contributed by atoms with Crippen LogP contribution in [0.3, 0.4) is 0 Å². The van der Waals surface area contributed by atoms with E-state index >= 15 is 0 Å². The summed E-state index contributed by atoms with van der Waals surface area (Å²) in [5, 5.41) is 3.04. The van der Waals surface area contributed by atoms with Crippen LogP contribution in [-0.2, 0) is 9.53 Å². The Balaban J connectivity index is 1.84. The zero-order chi connectivity index (χ0) is 16.7. The average molecular weight is 319 g/mol. The zero-order valence-corrected chi connectivity index (χ0v) is 13.8. The van der Waals surface area contributed by atoms with Gasteiger partial charge < -0.3 is 14.8 Å². The minimum atomic E-state index is -0.390. The molecule has 1 saturated carbocycles. The van der Waals surface area contributed by atoms with Crippen molar-refractivity contribution in [2.45, 2.75) is 45.6 Å². The number of carbonyl (C=O) groups excluding carboxylic acids is 2. The van der Waals surface area contributed by atoms with Gasteiger partial charge in [-0.05, 0) is 43.9 Å². The van der Waals surface area contributed by atoms with Crippen molar-refractivity contribution >= 4 is 11.9 Å². The number of benzene rings is 1. The van der Waals surface area contributed by atoms with Crippen LogP contribution >= 0.6 is 0 Å². The van der Waals surface area contributed by atoms with Crippen molar-refractivity contribution in [2.75, 3.05) is 13.2 Å². The number of ether oxygens (including phenoxy) is 2. The molecule has 0 radical (unpaired) electrons. The summed E-state index contributed by atoms with van der Waals surface area (Å²) in [5.41, 5.74) is 0.422. The summed E-state index contributed by atoms with van der Waals surface area (Å²) < 4.78 is 10.4. The lowest BCUT2D eigenvalue weighted by molar-refractivity contribution is -0.124. The molecule has 1 aliphatic rings. The van der Waals surface area contributed by atoms with E-state index in [0.717, 1.165) is 19.3 Å². The molecule has 1 aromatic carbocycles. The number of carbonyl (C=O) groups is 2. The minimum Gasteiger partial charge on any atom is -0.484 e. The van der Waals surface area contributed by atoms with Gasteiger partial charge in [0, 0.05) is 6.04 Å². The van der Waals surface area contributed by atoms with Crippen molar-refractivity contribution in [1.29, 1.82) is 0 Å². The summed E-state index contributed by atoms with van der Waals surface area (Å²) in [6, 6.07) is 6.93. The van der Waals surface area contributed by atoms with E-state index in [-0.39, 0.29) is 18.6 Å². The first-order valence-corrected chi connectivity index (χ1v) is 8.29. The standard InChI is InChI=1S/C18H25NO4/c1-3-22-18(21)14-8-6-9-15(11-14)23-12-17(20)19-16-10-5-4-7-13(16)2/h6,8-9,11,13,16H,3-5,7,10,12H2,1-2H3,(H,19,20)/t13-,16+/m1/s1. The van der Waals surface area contributed by atoms with E-state index in [1.54, 1.807) is 31.2 Å². The molecule has 1 N–H and O–H groups in total. The van der Waals surface area contributed by atoms with Gasteiger partial charge in [-0.2, -0.15) is 0 Å². The molecule has 0 saturated heterocycles. The van der Waals surface area contributed by atoms with Gasteiger partial charge in [-0.3, -0.25) is 4.79 Å². The predicted octanol–water partition coefficient (Wildman–Crippen LogP) is 2.94. The van der Waals surface area contributed by atoms with Gasteiger partial charge in [-0.15, -0.1) is 0 Å². The van der Waals surface area contributed by atoms with Crippen LogP contribution in [0.2, 0.25) is 0 Å². The molecular formula is C18H25NO4. The summed E-state index contributed by atoms with van der Waals surface area (Å²) in [4.78, 5) is 23.7. The smallest absolute Gasteiger partial charge is 0.338 e. The van der Waals surface area contributed by atoms with Crippen molar-refractivity contribution < 1.29 is 19.1 Å². The molecule has 23 heavy (non-hydrogen) atoms. The molecule has 126 valence electrons. The molecule has 5 nitrogen and oxygen atoms in total. The van der Waals surface area contributed by atoms with Crippen molar-refractivity contribution in [3.63, 3.8) is 0 Å². The predicted molar refractivity (Wildman–Crippen MR) is 87.5 cm³/mol. The van der Waals surface area contributed by atoms with Crippen molar-refractivity contribution in [3.8, 4) is 5.75 Å². The summed E-state index contributed by atoms with van der Waals surface area (Å²) >= 11 is 0.